The highest BCUT2D eigenvalue weighted by atomic mass is 32.2. The van der Waals surface area contributed by atoms with Crippen LogP contribution in [0.5, 0.6) is 0 Å². The lowest BCUT2D eigenvalue weighted by atomic mass is 9.92. The second kappa shape index (κ2) is 4.53. The molecule has 3 nitrogen and oxygen atoms in total. The van der Waals surface area contributed by atoms with E-state index in [4.69, 9.17) is 5.11 Å². The minimum atomic E-state index is -0.718. The molecular formula is C10H19NO2S. The molecule has 0 aromatic heterocycles. The average Bonchev–Trinajstić information content (AvgIpc) is 2.01. The number of hydrogen-bond donors (Lipinski definition) is 2. The fourth-order valence-corrected chi connectivity index (χ4v) is 3.09. The van der Waals surface area contributed by atoms with Gasteiger partial charge in [0.15, 0.2) is 0 Å². The molecular weight excluding hydrogens is 198 g/mol. The molecule has 1 heterocycles. The zero-order valence-corrected chi connectivity index (χ0v) is 9.86. The van der Waals surface area contributed by atoms with Gasteiger partial charge in [-0.2, -0.15) is 0 Å². The van der Waals surface area contributed by atoms with E-state index in [0.29, 0.717) is 5.37 Å². The minimum absolute atomic E-state index is 0.255. The summed E-state index contributed by atoms with van der Waals surface area (Å²) in [6, 6.07) is -0.344. The second-order valence-electron chi connectivity index (χ2n) is 4.97. The lowest BCUT2D eigenvalue weighted by Crippen LogP contribution is -2.46. The number of carboxylic acids is 1. The Bertz CT molecular complexity index is 213. The highest BCUT2D eigenvalue weighted by Crippen LogP contribution is 2.29. The predicted octanol–water partition coefficient (Wildman–Crippen LogP) is 1.93. The Hall–Kier alpha value is -0.220. The Morgan fingerprint density at radius 3 is 2.71 bits per heavy atom. The van der Waals surface area contributed by atoms with Crippen molar-refractivity contribution in [2.75, 3.05) is 5.75 Å². The zero-order chi connectivity index (χ0) is 10.8. The molecule has 0 bridgehead atoms. The number of nitrogens with one attached hydrogen (secondary N) is 1. The van der Waals surface area contributed by atoms with E-state index in [-0.39, 0.29) is 11.5 Å². The first kappa shape index (κ1) is 11.9. The van der Waals surface area contributed by atoms with Crippen LogP contribution in [0.15, 0.2) is 0 Å². The topological polar surface area (TPSA) is 49.3 Å². The van der Waals surface area contributed by atoms with Crippen molar-refractivity contribution in [3.8, 4) is 0 Å². The second-order valence-corrected chi connectivity index (χ2v) is 6.28. The molecule has 2 atom stereocenters. The quantitative estimate of drug-likeness (QED) is 0.742. The molecule has 1 saturated heterocycles. The summed E-state index contributed by atoms with van der Waals surface area (Å²) in [5, 5.41) is 12.4. The third-order valence-corrected chi connectivity index (χ3v) is 3.39. The maximum atomic E-state index is 10.8. The van der Waals surface area contributed by atoms with E-state index in [0.717, 1.165) is 18.6 Å². The molecule has 2 unspecified atom stereocenters. The molecule has 4 heteroatoms. The van der Waals surface area contributed by atoms with Gasteiger partial charge < -0.3 is 5.11 Å². The van der Waals surface area contributed by atoms with Crippen LogP contribution in [0.1, 0.15) is 33.6 Å². The van der Waals surface area contributed by atoms with Gasteiger partial charge in [-0.15, -0.1) is 11.8 Å². The summed E-state index contributed by atoms with van der Waals surface area (Å²) < 4.78 is 0. The summed E-state index contributed by atoms with van der Waals surface area (Å²) in [4.78, 5) is 10.8. The Kier molecular flexibility index (Phi) is 3.84. The van der Waals surface area contributed by atoms with E-state index in [2.05, 4.69) is 26.1 Å². The van der Waals surface area contributed by atoms with Crippen molar-refractivity contribution < 1.29 is 9.90 Å². The zero-order valence-electron chi connectivity index (χ0n) is 9.04. The molecule has 1 aliphatic heterocycles. The SMILES string of the molecule is CC(C)(C)CC1NC(C(=O)O)CCS1. The van der Waals surface area contributed by atoms with Crippen LogP contribution in [0.3, 0.4) is 0 Å². The Balaban J connectivity index is 2.44. The Morgan fingerprint density at radius 1 is 1.57 bits per heavy atom. The number of carbonyl (C=O) groups is 1. The van der Waals surface area contributed by atoms with Gasteiger partial charge in [-0.05, 0) is 24.0 Å². The van der Waals surface area contributed by atoms with Gasteiger partial charge in [0.1, 0.15) is 6.04 Å². The van der Waals surface area contributed by atoms with Crippen LogP contribution in [0.2, 0.25) is 0 Å². The first-order valence-electron chi connectivity index (χ1n) is 4.99. The number of aliphatic carboxylic acids is 1. The number of carboxylic acid groups (broad SMARTS) is 1. The van der Waals surface area contributed by atoms with E-state index >= 15 is 0 Å². The van der Waals surface area contributed by atoms with Crippen LogP contribution in [0.4, 0.5) is 0 Å². The molecule has 1 fully saturated rings. The van der Waals surface area contributed by atoms with Crippen molar-refractivity contribution in [2.45, 2.75) is 45.0 Å². The molecule has 0 aromatic carbocycles. The van der Waals surface area contributed by atoms with Crippen LogP contribution in [-0.2, 0) is 4.79 Å². The molecule has 14 heavy (non-hydrogen) atoms. The summed E-state index contributed by atoms with van der Waals surface area (Å²) >= 11 is 1.84. The molecule has 2 N–H and O–H groups in total. The van der Waals surface area contributed by atoms with Gasteiger partial charge in [0, 0.05) is 0 Å². The van der Waals surface area contributed by atoms with Gasteiger partial charge in [-0.3, -0.25) is 10.1 Å². The smallest absolute Gasteiger partial charge is 0.320 e. The molecule has 0 aliphatic carbocycles. The van der Waals surface area contributed by atoms with E-state index in [1.54, 1.807) is 0 Å². The maximum Gasteiger partial charge on any atom is 0.320 e. The lowest BCUT2D eigenvalue weighted by Gasteiger charge is -2.32. The summed E-state index contributed by atoms with van der Waals surface area (Å²) in [5.74, 6) is 0.231. The fourth-order valence-electron chi connectivity index (χ4n) is 1.55. The van der Waals surface area contributed by atoms with Gasteiger partial charge >= 0.3 is 5.97 Å². The van der Waals surface area contributed by atoms with Crippen molar-refractivity contribution in [3.63, 3.8) is 0 Å². The van der Waals surface area contributed by atoms with Gasteiger partial charge in [-0.25, -0.2) is 0 Å². The van der Waals surface area contributed by atoms with E-state index in [1.807, 2.05) is 11.8 Å². The third kappa shape index (κ3) is 3.88. The van der Waals surface area contributed by atoms with Crippen molar-refractivity contribution in [1.82, 2.24) is 5.32 Å². The largest absolute Gasteiger partial charge is 0.480 e. The standard InChI is InChI=1S/C10H19NO2S/c1-10(2,3)6-8-11-7(9(12)13)4-5-14-8/h7-8,11H,4-6H2,1-3H3,(H,12,13). The number of rotatable bonds is 2. The van der Waals surface area contributed by atoms with Gasteiger partial charge in [0.2, 0.25) is 0 Å². The maximum absolute atomic E-state index is 10.8. The number of hydrogen-bond acceptors (Lipinski definition) is 3. The Labute approximate surface area is 89.6 Å². The van der Waals surface area contributed by atoms with Gasteiger partial charge in [-0.1, -0.05) is 20.8 Å². The third-order valence-electron chi connectivity index (χ3n) is 2.21. The first-order chi connectivity index (χ1) is 6.38. The number of thioether (sulfide) groups is 1. The molecule has 0 aromatic rings. The summed E-state index contributed by atoms with van der Waals surface area (Å²) in [6.07, 6.45) is 1.75. The van der Waals surface area contributed by atoms with Crippen LogP contribution >= 0.6 is 11.8 Å². The molecule has 0 radical (unpaired) electrons. The van der Waals surface area contributed by atoms with E-state index < -0.39 is 5.97 Å². The molecule has 0 spiro atoms. The summed E-state index contributed by atoms with van der Waals surface area (Å²) in [5.41, 5.74) is 0.255. The lowest BCUT2D eigenvalue weighted by molar-refractivity contribution is -0.139. The minimum Gasteiger partial charge on any atom is -0.480 e. The van der Waals surface area contributed by atoms with E-state index in [9.17, 15) is 4.79 Å². The molecule has 1 aliphatic rings. The molecule has 82 valence electrons. The predicted molar refractivity (Wildman–Crippen MR) is 59.5 cm³/mol. The first-order valence-corrected chi connectivity index (χ1v) is 6.04. The fraction of sp³-hybridized carbons (Fsp3) is 0.900. The average molecular weight is 217 g/mol. The molecule has 0 amide bonds. The van der Waals surface area contributed by atoms with Crippen LogP contribution < -0.4 is 5.32 Å². The molecule has 0 saturated carbocycles. The summed E-state index contributed by atoms with van der Waals surface area (Å²) in [6.45, 7) is 6.54. The normalized spacial score (nSPS) is 28.8. The van der Waals surface area contributed by atoms with Crippen LogP contribution in [-0.4, -0.2) is 28.2 Å². The van der Waals surface area contributed by atoms with Crippen molar-refractivity contribution in [3.05, 3.63) is 0 Å². The highest BCUT2D eigenvalue weighted by Gasteiger charge is 2.28. The van der Waals surface area contributed by atoms with Crippen LogP contribution in [0, 0.1) is 5.41 Å². The Morgan fingerprint density at radius 2 is 2.21 bits per heavy atom. The van der Waals surface area contributed by atoms with Crippen LogP contribution in [0.25, 0.3) is 0 Å². The van der Waals surface area contributed by atoms with Crippen molar-refractivity contribution in [2.24, 2.45) is 5.41 Å². The van der Waals surface area contributed by atoms with Crippen molar-refractivity contribution >= 4 is 17.7 Å². The van der Waals surface area contributed by atoms with Crippen molar-refractivity contribution in [1.29, 1.82) is 0 Å². The van der Waals surface area contributed by atoms with E-state index in [1.165, 1.54) is 0 Å². The van der Waals surface area contributed by atoms with Gasteiger partial charge in [0.05, 0.1) is 5.37 Å². The molecule has 1 rings (SSSR count). The summed E-state index contributed by atoms with van der Waals surface area (Å²) in [7, 11) is 0. The van der Waals surface area contributed by atoms with Gasteiger partial charge in [0.25, 0.3) is 0 Å². The monoisotopic (exact) mass is 217 g/mol. The highest BCUT2D eigenvalue weighted by molar-refractivity contribution is 7.99.